The van der Waals surface area contributed by atoms with Crippen molar-refractivity contribution in [3.63, 3.8) is 0 Å². The van der Waals surface area contributed by atoms with Gasteiger partial charge in [0.25, 0.3) is 6.71 Å². The Bertz CT molecular complexity index is 2560. The highest BCUT2D eigenvalue weighted by Gasteiger charge is 2.61. The van der Waals surface area contributed by atoms with Crippen molar-refractivity contribution < 1.29 is 0 Å². The Morgan fingerprint density at radius 3 is 1.72 bits per heavy atom. The molecule has 0 bridgehead atoms. The van der Waals surface area contributed by atoms with Crippen molar-refractivity contribution in [1.29, 1.82) is 0 Å². The van der Waals surface area contributed by atoms with E-state index in [9.17, 15) is 0 Å². The molecule has 3 heterocycles. The Morgan fingerprint density at radius 2 is 1.10 bits per heavy atom. The third-order valence-electron chi connectivity index (χ3n) is 14.8. The SMILES string of the molecule is Cc1ccccc1N1c2cc(N(c3ccc([Si](C)(C)C)cc3)c3ccc([Si](C)(C)C)cc3)cc3c2B(c2cccc(C)c21)c1cccc2c1N3C1(C)CCCCC21C. The van der Waals surface area contributed by atoms with Gasteiger partial charge in [-0.3, -0.25) is 0 Å². The molecule has 4 aliphatic rings. The summed E-state index contributed by atoms with van der Waals surface area (Å²) in [6.07, 6.45) is 4.93. The normalized spacial score (nSPS) is 20.3. The highest BCUT2D eigenvalue weighted by Crippen LogP contribution is 2.62. The lowest BCUT2D eigenvalue weighted by molar-refractivity contribution is 0.195. The molecule has 0 N–H and O–H groups in total. The van der Waals surface area contributed by atoms with Crippen molar-refractivity contribution in [2.75, 3.05) is 14.7 Å². The van der Waals surface area contributed by atoms with Gasteiger partial charge in [0, 0.05) is 45.2 Å². The van der Waals surface area contributed by atoms with Crippen LogP contribution in [0.25, 0.3) is 0 Å². The molecule has 2 atom stereocenters. The molecule has 10 rings (SSSR count). The van der Waals surface area contributed by atoms with Crippen LogP contribution >= 0.6 is 0 Å². The summed E-state index contributed by atoms with van der Waals surface area (Å²) in [6.45, 7) is 24.6. The summed E-state index contributed by atoms with van der Waals surface area (Å²) in [5, 5.41) is 2.97. The fraction of sp³-hybridized carbons (Fsp3) is 0.308. The number of aryl methyl sites for hydroxylation is 2. The minimum Gasteiger partial charge on any atom is -0.335 e. The lowest BCUT2D eigenvalue weighted by Crippen LogP contribution is -2.64. The second-order valence-electron chi connectivity index (χ2n) is 20.3. The number of anilines is 8. The monoisotopic (exact) mass is 791 g/mol. The summed E-state index contributed by atoms with van der Waals surface area (Å²) >= 11 is 0. The highest BCUT2D eigenvalue weighted by molar-refractivity contribution is 7.00. The average Bonchev–Trinajstić information content (AvgIpc) is 3.41. The maximum atomic E-state index is 2.87. The Morgan fingerprint density at radius 1 is 0.552 bits per heavy atom. The molecule has 0 aromatic heterocycles. The highest BCUT2D eigenvalue weighted by atomic mass is 28.3. The number of benzene rings is 6. The molecule has 0 saturated heterocycles. The second kappa shape index (κ2) is 12.9. The van der Waals surface area contributed by atoms with Crippen molar-refractivity contribution in [2.24, 2.45) is 0 Å². The molecule has 1 saturated carbocycles. The Kier molecular flexibility index (Phi) is 8.31. The van der Waals surface area contributed by atoms with E-state index < -0.39 is 16.1 Å². The van der Waals surface area contributed by atoms with Crippen LogP contribution in [0.1, 0.15) is 56.2 Å². The first-order valence-electron chi connectivity index (χ1n) is 21.7. The van der Waals surface area contributed by atoms with Crippen LogP contribution in [0.2, 0.25) is 39.3 Å². The van der Waals surface area contributed by atoms with E-state index >= 15 is 0 Å². The third kappa shape index (κ3) is 5.29. The summed E-state index contributed by atoms with van der Waals surface area (Å²) in [4.78, 5) is 8.05. The maximum Gasteiger partial charge on any atom is 0.252 e. The number of nitrogens with zero attached hydrogens (tertiary/aromatic N) is 3. The number of fused-ring (bicyclic) bond motifs is 7. The predicted molar refractivity (Wildman–Crippen MR) is 259 cm³/mol. The van der Waals surface area contributed by atoms with Crippen molar-refractivity contribution in [2.45, 2.75) is 104 Å². The molecule has 1 fully saturated rings. The lowest BCUT2D eigenvalue weighted by Gasteiger charge is -2.53. The quantitative estimate of drug-likeness (QED) is 0.155. The zero-order chi connectivity index (χ0) is 40.5. The van der Waals surface area contributed by atoms with Gasteiger partial charge in [0.1, 0.15) is 0 Å². The summed E-state index contributed by atoms with van der Waals surface area (Å²) in [5.41, 5.74) is 18.8. The molecule has 1 aliphatic carbocycles. The average molecular weight is 792 g/mol. The zero-order valence-corrected chi connectivity index (χ0v) is 38.3. The van der Waals surface area contributed by atoms with Gasteiger partial charge in [-0.05, 0) is 109 Å². The number of hydrogen-bond donors (Lipinski definition) is 0. The van der Waals surface area contributed by atoms with Crippen LogP contribution < -0.4 is 41.5 Å². The minimum atomic E-state index is -1.50. The third-order valence-corrected chi connectivity index (χ3v) is 18.9. The molecule has 6 aromatic rings. The van der Waals surface area contributed by atoms with Crippen molar-refractivity contribution >= 4 is 95.1 Å². The van der Waals surface area contributed by atoms with Crippen LogP contribution in [0.5, 0.6) is 0 Å². The fourth-order valence-corrected chi connectivity index (χ4v) is 13.7. The van der Waals surface area contributed by atoms with Gasteiger partial charge >= 0.3 is 0 Å². The van der Waals surface area contributed by atoms with Gasteiger partial charge in [-0.2, -0.15) is 0 Å². The Hall–Kier alpha value is -4.78. The van der Waals surface area contributed by atoms with Crippen LogP contribution in [-0.2, 0) is 5.41 Å². The van der Waals surface area contributed by atoms with Crippen LogP contribution in [0, 0.1) is 13.8 Å². The first-order chi connectivity index (χ1) is 27.6. The van der Waals surface area contributed by atoms with Gasteiger partial charge in [0.15, 0.2) is 0 Å². The zero-order valence-electron chi connectivity index (χ0n) is 36.3. The van der Waals surface area contributed by atoms with Gasteiger partial charge in [0.2, 0.25) is 0 Å². The topological polar surface area (TPSA) is 9.72 Å². The molecule has 2 unspecified atom stereocenters. The number of para-hydroxylation sites is 3. The molecule has 3 aliphatic heterocycles. The van der Waals surface area contributed by atoms with Crippen LogP contribution in [0.4, 0.5) is 45.5 Å². The van der Waals surface area contributed by atoms with Crippen LogP contribution in [-0.4, -0.2) is 28.4 Å². The van der Waals surface area contributed by atoms with E-state index in [0.717, 1.165) is 0 Å². The molecule has 6 heteroatoms. The maximum absolute atomic E-state index is 2.87. The summed E-state index contributed by atoms with van der Waals surface area (Å²) < 4.78 is 0. The minimum absolute atomic E-state index is 0.0514. The van der Waals surface area contributed by atoms with Gasteiger partial charge in [0.05, 0.1) is 27.4 Å². The van der Waals surface area contributed by atoms with E-state index in [0.29, 0.717) is 0 Å². The van der Waals surface area contributed by atoms with Crippen LogP contribution in [0.15, 0.2) is 121 Å². The van der Waals surface area contributed by atoms with Gasteiger partial charge in [-0.15, -0.1) is 0 Å². The molecular weight excluding hydrogens is 734 g/mol. The summed E-state index contributed by atoms with van der Waals surface area (Å²) in [5.74, 6) is 0. The standard InChI is InChI=1S/C52H58BN3Si2/c1-35-17-11-12-22-45(35)55-46-33-39(54(37-23-27-40(28-24-37)57(5,6)7)38-25-29-41(30-26-38)58(8,9)10)34-47-48(46)53(43-20-15-18-36(2)49(43)55)44-21-16-19-42-50(44)56(47)52(4)32-14-13-31-51(42,52)3/h11-12,15-30,33-34H,13-14,31-32H2,1-10H3. The predicted octanol–water partition coefficient (Wildman–Crippen LogP) is 11.2. The molecule has 0 spiro atoms. The van der Waals surface area contributed by atoms with E-state index in [-0.39, 0.29) is 17.7 Å². The van der Waals surface area contributed by atoms with E-state index in [4.69, 9.17) is 0 Å². The second-order valence-corrected chi connectivity index (χ2v) is 30.4. The molecule has 6 aromatic carbocycles. The van der Waals surface area contributed by atoms with Crippen molar-refractivity contribution in [1.82, 2.24) is 0 Å². The van der Waals surface area contributed by atoms with E-state index in [1.54, 1.807) is 5.56 Å². The van der Waals surface area contributed by atoms with Crippen molar-refractivity contribution in [3.05, 3.63) is 138 Å². The Labute approximate surface area is 349 Å². The van der Waals surface area contributed by atoms with E-state index in [2.05, 4.69) is 203 Å². The van der Waals surface area contributed by atoms with Gasteiger partial charge in [-0.1, -0.05) is 148 Å². The van der Waals surface area contributed by atoms with Gasteiger partial charge in [-0.25, -0.2) is 0 Å². The molecule has 292 valence electrons. The smallest absolute Gasteiger partial charge is 0.252 e. The number of hydrogen-bond acceptors (Lipinski definition) is 3. The molecule has 0 radical (unpaired) electrons. The fourth-order valence-electron chi connectivity index (χ4n) is 11.4. The largest absolute Gasteiger partial charge is 0.335 e. The summed E-state index contributed by atoms with van der Waals surface area (Å²) in [7, 11) is -3.01. The lowest BCUT2D eigenvalue weighted by atomic mass is 9.33. The Balaban J connectivity index is 1.32. The van der Waals surface area contributed by atoms with Crippen molar-refractivity contribution in [3.8, 4) is 0 Å². The first-order valence-corrected chi connectivity index (χ1v) is 28.7. The first kappa shape index (κ1) is 37.5. The van der Waals surface area contributed by atoms with E-state index in [1.165, 1.54) is 109 Å². The van der Waals surface area contributed by atoms with E-state index in [1.807, 2.05) is 0 Å². The summed E-state index contributed by atoms with van der Waals surface area (Å²) in [6, 6.07) is 47.6. The van der Waals surface area contributed by atoms with Crippen LogP contribution in [0.3, 0.4) is 0 Å². The molecule has 3 nitrogen and oxygen atoms in total. The molecule has 0 amide bonds. The van der Waals surface area contributed by atoms with Gasteiger partial charge < -0.3 is 14.7 Å². The molecular formula is C52H58BN3Si2. The molecule has 58 heavy (non-hydrogen) atoms. The number of rotatable bonds is 6.